The first-order valence-corrected chi connectivity index (χ1v) is 8.94. The third kappa shape index (κ3) is 6.21. The molecule has 0 radical (unpaired) electrons. The molecular weight excluding hydrogens is 326 g/mol. The topological polar surface area (TPSA) is 20.3 Å². The highest BCUT2D eigenvalue weighted by Crippen LogP contribution is 2.18. The van der Waals surface area contributed by atoms with Crippen LogP contribution in [-0.4, -0.2) is 23.9 Å². The number of amides is 1. The van der Waals surface area contributed by atoms with Crippen LogP contribution in [0.4, 0.5) is 0 Å². The Labute approximate surface area is 138 Å². The summed E-state index contributed by atoms with van der Waals surface area (Å²) in [7, 11) is 0. The lowest BCUT2D eigenvalue weighted by Crippen LogP contribution is -2.33. The molecule has 0 bridgehead atoms. The third-order valence-corrected chi connectivity index (χ3v) is 4.27. The van der Waals surface area contributed by atoms with Gasteiger partial charge in [0.1, 0.15) is 0 Å². The summed E-state index contributed by atoms with van der Waals surface area (Å²) < 4.78 is 0.971. The molecule has 0 saturated heterocycles. The molecule has 0 heterocycles. The first kappa shape index (κ1) is 18.2. The van der Waals surface area contributed by atoms with Crippen molar-refractivity contribution >= 4 is 21.8 Å². The summed E-state index contributed by atoms with van der Waals surface area (Å²) in [6.45, 7) is 8.16. The minimum Gasteiger partial charge on any atom is -0.339 e. The molecule has 0 fully saturated rings. The normalized spacial score (nSPS) is 10.7. The molecule has 1 amide bonds. The van der Waals surface area contributed by atoms with Gasteiger partial charge < -0.3 is 4.90 Å². The number of hydrogen-bond acceptors (Lipinski definition) is 1. The van der Waals surface area contributed by atoms with Crippen molar-refractivity contribution in [2.45, 2.75) is 59.3 Å². The molecule has 0 N–H and O–H groups in total. The van der Waals surface area contributed by atoms with E-state index in [9.17, 15) is 4.79 Å². The molecule has 0 saturated carbocycles. The van der Waals surface area contributed by atoms with E-state index in [1.807, 2.05) is 30.0 Å². The fourth-order valence-corrected chi connectivity index (χ4v) is 2.78. The van der Waals surface area contributed by atoms with Gasteiger partial charge in [-0.2, -0.15) is 0 Å². The molecule has 0 atom stereocenters. The zero-order chi connectivity index (χ0) is 15.7. The highest BCUT2D eigenvalue weighted by molar-refractivity contribution is 9.10. The van der Waals surface area contributed by atoms with E-state index in [4.69, 9.17) is 0 Å². The van der Waals surface area contributed by atoms with Crippen molar-refractivity contribution in [2.75, 3.05) is 13.1 Å². The molecule has 0 aliphatic carbocycles. The number of nitrogens with zero attached hydrogens (tertiary/aromatic N) is 1. The van der Waals surface area contributed by atoms with Crippen LogP contribution in [0.3, 0.4) is 0 Å². The quantitative estimate of drug-likeness (QED) is 0.530. The van der Waals surface area contributed by atoms with Gasteiger partial charge in [-0.15, -0.1) is 0 Å². The minimum absolute atomic E-state index is 0.181. The van der Waals surface area contributed by atoms with Gasteiger partial charge in [0.25, 0.3) is 5.91 Å². The van der Waals surface area contributed by atoms with Crippen molar-refractivity contribution in [1.82, 2.24) is 4.90 Å². The van der Waals surface area contributed by atoms with E-state index in [0.717, 1.165) is 41.5 Å². The molecule has 118 valence electrons. The predicted octanol–water partition coefficient (Wildman–Crippen LogP) is 5.58. The number of unbranched alkanes of at least 4 members (excludes halogenated alkanes) is 4. The Morgan fingerprint density at radius 2 is 1.62 bits per heavy atom. The number of hydrogen-bond donors (Lipinski definition) is 0. The summed E-state index contributed by atoms with van der Waals surface area (Å²) in [5.74, 6) is 0.181. The van der Waals surface area contributed by atoms with E-state index in [1.165, 1.54) is 25.7 Å². The summed E-state index contributed by atoms with van der Waals surface area (Å²) in [5, 5.41) is 0. The largest absolute Gasteiger partial charge is 0.339 e. The summed E-state index contributed by atoms with van der Waals surface area (Å²) in [6.07, 6.45) is 6.95. The van der Waals surface area contributed by atoms with Gasteiger partial charge in [0.2, 0.25) is 0 Å². The predicted molar refractivity (Wildman–Crippen MR) is 93.8 cm³/mol. The lowest BCUT2D eigenvalue weighted by molar-refractivity contribution is 0.0749. The maximum absolute atomic E-state index is 12.8. The first-order chi connectivity index (χ1) is 10.1. The van der Waals surface area contributed by atoms with Crippen molar-refractivity contribution in [3.63, 3.8) is 0 Å². The summed E-state index contributed by atoms with van der Waals surface area (Å²) >= 11 is 3.47. The lowest BCUT2D eigenvalue weighted by atomic mass is 10.1. The van der Waals surface area contributed by atoms with Crippen LogP contribution >= 0.6 is 15.9 Å². The second-order valence-corrected chi connectivity index (χ2v) is 6.58. The minimum atomic E-state index is 0.181. The number of aryl methyl sites for hydroxylation is 1. The fraction of sp³-hybridized carbons (Fsp3) is 0.611. The van der Waals surface area contributed by atoms with Crippen molar-refractivity contribution in [2.24, 2.45) is 0 Å². The van der Waals surface area contributed by atoms with Gasteiger partial charge in [-0.1, -0.05) is 61.5 Å². The summed E-state index contributed by atoms with van der Waals surface area (Å²) in [5.41, 5.74) is 1.89. The Bertz CT molecular complexity index is 435. The molecule has 1 aromatic carbocycles. The van der Waals surface area contributed by atoms with Crippen molar-refractivity contribution in [1.29, 1.82) is 0 Å². The molecule has 0 aliphatic rings. The van der Waals surface area contributed by atoms with E-state index in [-0.39, 0.29) is 5.91 Å². The third-order valence-electron chi connectivity index (χ3n) is 3.78. The van der Waals surface area contributed by atoms with Gasteiger partial charge in [-0.05, 0) is 37.5 Å². The van der Waals surface area contributed by atoms with Crippen LogP contribution in [0, 0.1) is 6.92 Å². The Morgan fingerprint density at radius 3 is 2.14 bits per heavy atom. The highest BCUT2D eigenvalue weighted by Gasteiger charge is 2.17. The Morgan fingerprint density at radius 1 is 1.05 bits per heavy atom. The van der Waals surface area contributed by atoms with Crippen LogP contribution in [0.25, 0.3) is 0 Å². The van der Waals surface area contributed by atoms with Crippen molar-refractivity contribution in [3.8, 4) is 0 Å². The van der Waals surface area contributed by atoms with E-state index >= 15 is 0 Å². The van der Waals surface area contributed by atoms with Crippen LogP contribution in [0.1, 0.15) is 68.3 Å². The highest BCUT2D eigenvalue weighted by atomic mass is 79.9. The first-order valence-electron chi connectivity index (χ1n) is 8.15. The van der Waals surface area contributed by atoms with E-state index in [1.54, 1.807) is 0 Å². The average Bonchev–Trinajstić information content (AvgIpc) is 2.48. The second-order valence-electron chi connectivity index (χ2n) is 5.67. The number of carbonyl (C=O) groups excluding carboxylic acids is 1. The number of halogens is 1. The van der Waals surface area contributed by atoms with Crippen LogP contribution in [-0.2, 0) is 0 Å². The van der Waals surface area contributed by atoms with Crippen molar-refractivity contribution < 1.29 is 4.79 Å². The molecule has 1 aromatic rings. The van der Waals surface area contributed by atoms with Gasteiger partial charge in [-0.3, -0.25) is 4.79 Å². The van der Waals surface area contributed by atoms with Crippen LogP contribution in [0.2, 0.25) is 0 Å². The summed E-state index contributed by atoms with van der Waals surface area (Å²) in [4.78, 5) is 14.9. The standard InChI is InChI=1S/C18H28BrNO/c1-4-6-8-12-20(13-9-7-5-2)18(21)17-14-16(19)11-10-15(17)3/h10-11,14H,4-9,12-13H2,1-3H3. The molecule has 0 aliphatic heterocycles. The number of carbonyl (C=O) groups is 1. The number of benzene rings is 1. The maximum Gasteiger partial charge on any atom is 0.254 e. The maximum atomic E-state index is 12.8. The smallest absolute Gasteiger partial charge is 0.254 e. The fourth-order valence-electron chi connectivity index (χ4n) is 2.42. The monoisotopic (exact) mass is 353 g/mol. The molecular formula is C18H28BrNO. The average molecular weight is 354 g/mol. The zero-order valence-electron chi connectivity index (χ0n) is 13.6. The summed E-state index contributed by atoms with van der Waals surface area (Å²) in [6, 6.07) is 5.95. The van der Waals surface area contributed by atoms with Crippen LogP contribution in [0.5, 0.6) is 0 Å². The SMILES string of the molecule is CCCCCN(CCCCC)C(=O)c1cc(Br)ccc1C. The van der Waals surface area contributed by atoms with Crippen molar-refractivity contribution in [3.05, 3.63) is 33.8 Å². The Balaban J connectivity index is 2.79. The van der Waals surface area contributed by atoms with E-state index in [0.29, 0.717) is 0 Å². The lowest BCUT2D eigenvalue weighted by Gasteiger charge is -2.23. The van der Waals surface area contributed by atoms with Gasteiger partial charge in [-0.25, -0.2) is 0 Å². The number of rotatable bonds is 9. The molecule has 0 aromatic heterocycles. The molecule has 1 rings (SSSR count). The van der Waals surface area contributed by atoms with Gasteiger partial charge in [0, 0.05) is 23.1 Å². The van der Waals surface area contributed by atoms with Gasteiger partial charge in [0.05, 0.1) is 0 Å². The van der Waals surface area contributed by atoms with E-state index in [2.05, 4.69) is 29.8 Å². The Hall–Kier alpha value is -0.830. The van der Waals surface area contributed by atoms with E-state index < -0.39 is 0 Å². The second kappa shape index (κ2) is 9.99. The molecule has 0 spiro atoms. The molecule has 21 heavy (non-hydrogen) atoms. The Kier molecular flexibility index (Phi) is 8.67. The van der Waals surface area contributed by atoms with Gasteiger partial charge in [0.15, 0.2) is 0 Å². The van der Waals surface area contributed by atoms with Gasteiger partial charge >= 0.3 is 0 Å². The molecule has 0 unspecified atom stereocenters. The molecule has 2 nitrogen and oxygen atoms in total. The molecule has 3 heteroatoms. The zero-order valence-corrected chi connectivity index (χ0v) is 15.2. The van der Waals surface area contributed by atoms with Crippen LogP contribution in [0.15, 0.2) is 22.7 Å². The van der Waals surface area contributed by atoms with Crippen LogP contribution < -0.4 is 0 Å².